The molecular weight excluding hydrogens is 326 g/mol. The zero-order chi connectivity index (χ0) is 17.7. The van der Waals surface area contributed by atoms with Crippen LogP contribution in [0.2, 0.25) is 0 Å². The van der Waals surface area contributed by atoms with E-state index in [1.165, 1.54) is 12.6 Å². The van der Waals surface area contributed by atoms with Gasteiger partial charge in [0.05, 0.1) is 12.8 Å². The lowest BCUT2D eigenvalue weighted by Crippen LogP contribution is -2.49. The summed E-state index contributed by atoms with van der Waals surface area (Å²) in [6.45, 7) is 8.54. The summed E-state index contributed by atoms with van der Waals surface area (Å²) < 4.78 is 4.93. The van der Waals surface area contributed by atoms with Gasteiger partial charge in [-0.2, -0.15) is 0 Å². The van der Waals surface area contributed by atoms with E-state index in [2.05, 4.69) is 36.4 Å². The van der Waals surface area contributed by atoms with Gasteiger partial charge in [-0.25, -0.2) is 14.6 Å². The standard InChI is InChI=1S/C17H27N3O3S/c1-5-17(6-2,9-12-8-11(12)4)20-15(22)19-16-18-10-13(24-16)14(21)23-7-3/h10-12H,5-9H2,1-4H3,(H2,18,19,20,22)/t11-,12?/m0/s1. The number of nitrogens with zero attached hydrogens (tertiary/aromatic N) is 1. The van der Waals surface area contributed by atoms with Crippen molar-refractivity contribution in [3.05, 3.63) is 11.1 Å². The van der Waals surface area contributed by atoms with Crippen LogP contribution in [0.1, 0.15) is 63.0 Å². The average Bonchev–Trinajstić information content (AvgIpc) is 3.04. The molecule has 0 bridgehead atoms. The Morgan fingerprint density at radius 2 is 2.04 bits per heavy atom. The Morgan fingerprint density at radius 1 is 1.38 bits per heavy atom. The Kier molecular flexibility index (Phi) is 6.21. The minimum atomic E-state index is -0.414. The van der Waals surface area contributed by atoms with Crippen molar-refractivity contribution in [2.75, 3.05) is 11.9 Å². The molecule has 7 heteroatoms. The van der Waals surface area contributed by atoms with E-state index in [-0.39, 0.29) is 11.6 Å². The molecule has 1 aromatic heterocycles. The van der Waals surface area contributed by atoms with Crippen LogP contribution in [-0.2, 0) is 4.74 Å². The lowest BCUT2D eigenvalue weighted by Gasteiger charge is -2.33. The number of esters is 1. The van der Waals surface area contributed by atoms with Gasteiger partial charge in [-0.15, -0.1) is 0 Å². The molecule has 2 rings (SSSR count). The molecule has 1 aliphatic carbocycles. The highest BCUT2D eigenvalue weighted by Crippen LogP contribution is 2.44. The Hall–Kier alpha value is -1.63. The fourth-order valence-corrected chi connectivity index (χ4v) is 3.65. The maximum atomic E-state index is 12.4. The van der Waals surface area contributed by atoms with Crippen LogP contribution in [0, 0.1) is 11.8 Å². The van der Waals surface area contributed by atoms with Crippen LogP contribution in [-0.4, -0.2) is 29.1 Å². The second-order valence-electron chi connectivity index (χ2n) is 6.49. The molecule has 6 nitrogen and oxygen atoms in total. The molecule has 2 amide bonds. The molecule has 0 radical (unpaired) electrons. The summed E-state index contributed by atoms with van der Waals surface area (Å²) in [6, 6.07) is -0.267. The van der Waals surface area contributed by atoms with Gasteiger partial charge in [0, 0.05) is 5.54 Å². The summed E-state index contributed by atoms with van der Waals surface area (Å²) in [6.07, 6.45) is 5.48. The van der Waals surface area contributed by atoms with Gasteiger partial charge in [0.25, 0.3) is 0 Å². The van der Waals surface area contributed by atoms with E-state index >= 15 is 0 Å². The molecule has 1 saturated carbocycles. The Morgan fingerprint density at radius 3 is 2.58 bits per heavy atom. The Labute approximate surface area is 147 Å². The minimum Gasteiger partial charge on any atom is -0.462 e. The van der Waals surface area contributed by atoms with Crippen molar-refractivity contribution in [1.82, 2.24) is 10.3 Å². The maximum Gasteiger partial charge on any atom is 0.350 e. The smallest absolute Gasteiger partial charge is 0.350 e. The first-order valence-corrected chi connectivity index (χ1v) is 9.46. The largest absolute Gasteiger partial charge is 0.462 e. The molecule has 2 N–H and O–H groups in total. The summed E-state index contributed by atoms with van der Waals surface area (Å²) in [5.74, 6) is 1.06. The summed E-state index contributed by atoms with van der Waals surface area (Å²) in [7, 11) is 0. The van der Waals surface area contributed by atoms with Crippen LogP contribution < -0.4 is 10.6 Å². The van der Waals surface area contributed by atoms with Crippen molar-refractivity contribution in [2.24, 2.45) is 11.8 Å². The van der Waals surface area contributed by atoms with Gasteiger partial charge in [-0.05, 0) is 44.4 Å². The number of aromatic nitrogens is 1. The number of rotatable bonds is 8. The molecule has 0 saturated heterocycles. The van der Waals surface area contributed by atoms with E-state index in [9.17, 15) is 9.59 Å². The van der Waals surface area contributed by atoms with Gasteiger partial charge < -0.3 is 10.1 Å². The van der Waals surface area contributed by atoms with E-state index in [1.807, 2.05) is 0 Å². The first-order chi connectivity index (χ1) is 11.4. The molecule has 0 aliphatic heterocycles. The van der Waals surface area contributed by atoms with Crippen molar-refractivity contribution in [3.63, 3.8) is 0 Å². The predicted molar refractivity (Wildman–Crippen MR) is 95.4 cm³/mol. The highest BCUT2D eigenvalue weighted by molar-refractivity contribution is 7.17. The van der Waals surface area contributed by atoms with Gasteiger partial charge in [-0.3, -0.25) is 5.32 Å². The van der Waals surface area contributed by atoms with Crippen LogP contribution in [0.15, 0.2) is 6.20 Å². The summed E-state index contributed by atoms with van der Waals surface area (Å²) >= 11 is 1.12. The summed E-state index contributed by atoms with van der Waals surface area (Å²) in [5.41, 5.74) is -0.180. The van der Waals surface area contributed by atoms with E-state index in [0.29, 0.717) is 22.5 Å². The molecule has 1 fully saturated rings. The van der Waals surface area contributed by atoms with Crippen LogP contribution in [0.5, 0.6) is 0 Å². The maximum absolute atomic E-state index is 12.4. The fourth-order valence-electron chi connectivity index (χ4n) is 2.95. The van der Waals surface area contributed by atoms with Gasteiger partial charge in [0.2, 0.25) is 0 Å². The van der Waals surface area contributed by atoms with Crippen molar-refractivity contribution < 1.29 is 14.3 Å². The van der Waals surface area contributed by atoms with Crippen LogP contribution >= 0.6 is 11.3 Å². The molecule has 2 atom stereocenters. The monoisotopic (exact) mass is 353 g/mol. The molecular formula is C17H27N3O3S. The number of thiazole rings is 1. The molecule has 24 heavy (non-hydrogen) atoms. The van der Waals surface area contributed by atoms with E-state index in [4.69, 9.17) is 4.74 Å². The number of urea groups is 1. The third-order valence-corrected chi connectivity index (χ3v) is 5.76. The zero-order valence-electron chi connectivity index (χ0n) is 14.8. The molecule has 1 unspecified atom stereocenters. The second-order valence-corrected chi connectivity index (χ2v) is 7.52. The lowest BCUT2D eigenvalue weighted by molar-refractivity contribution is 0.0532. The van der Waals surface area contributed by atoms with Crippen molar-refractivity contribution in [3.8, 4) is 0 Å². The number of amides is 2. The quantitative estimate of drug-likeness (QED) is 0.691. The van der Waals surface area contributed by atoms with E-state index in [0.717, 1.165) is 36.5 Å². The minimum absolute atomic E-state index is 0.180. The van der Waals surface area contributed by atoms with Gasteiger partial charge in [-0.1, -0.05) is 32.1 Å². The summed E-state index contributed by atoms with van der Waals surface area (Å²) in [5, 5.41) is 6.27. The van der Waals surface area contributed by atoms with Gasteiger partial charge in [0.1, 0.15) is 4.88 Å². The Balaban J connectivity index is 1.94. The molecule has 1 aromatic rings. The Bertz CT molecular complexity index is 583. The topological polar surface area (TPSA) is 80.3 Å². The highest BCUT2D eigenvalue weighted by atomic mass is 32.1. The normalized spacial score (nSPS) is 19.7. The second kappa shape index (κ2) is 7.96. The van der Waals surface area contributed by atoms with Crippen molar-refractivity contribution >= 4 is 28.5 Å². The average molecular weight is 353 g/mol. The van der Waals surface area contributed by atoms with Gasteiger partial charge in [0.15, 0.2) is 5.13 Å². The lowest BCUT2D eigenvalue weighted by atomic mass is 9.86. The molecule has 1 heterocycles. The molecule has 0 aromatic carbocycles. The predicted octanol–water partition coefficient (Wildman–Crippen LogP) is 4.05. The van der Waals surface area contributed by atoms with E-state index < -0.39 is 5.97 Å². The number of carbonyl (C=O) groups is 2. The first kappa shape index (κ1) is 18.7. The van der Waals surface area contributed by atoms with Crippen molar-refractivity contribution in [1.29, 1.82) is 0 Å². The zero-order valence-corrected chi connectivity index (χ0v) is 15.7. The highest BCUT2D eigenvalue weighted by Gasteiger charge is 2.40. The third-order valence-electron chi connectivity index (χ3n) is 4.86. The van der Waals surface area contributed by atoms with Gasteiger partial charge >= 0.3 is 12.0 Å². The van der Waals surface area contributed by atoms with Crippen LogP contribution in [0.3, 0.4) is 0 Å². The molecule has 134 valence electrons. The number of ether oxygens (including phenoxy) is 1. The van der Waals surface area contributed by atoms with E-state index in [1.54, 1.807) is 6.92 Å². The fraction of sp³-hybridized carbons (Fsp3) is 0.706. The van der Waals surface area contributed by atoms with Crippen LogP contribution in [0.4, 0.5) is 9.93 Å². The number of nitrogens with one attached hydrogen (secondary N) is 2. The molecule has 1 aliphatic rings. The molecule has 0 spiro atoms. The van der Waals surface area contributed by atoms with Crippen molar-refractivity contribution in [2.45, 2.75) is 58.9 Å². The third kappa shape index (κ3) is 4.69. The SMILES string of the molecule is CCOC(=O)c1cnc(NC(=O)NC(CC)(CC)CC2C[C@@H]2C)s1. The number of anilines is 1. The van der Waals surface area contributed by atoms with Crippen LogP contribution in [0.25, 0.3) is 0 Å². The summed E-state index contributed by atoms with van der Waals surface area (Å²) in [4.78, 5) is 28.5. The first-order valence-electron chi connectivity index (χ1n) is 8.65. The number of hydrogen-bond donors (Lipinski definition) is 2. The number of carbonyl (C=O) groups excluding carboxylic acids is 2. The number of hydrogen-bond acceptors (Lipinski definition) is 5.